The highest BCUT2D eigenvalue weighted by atomic mass is 14.4. The van der Waals surface area contributed by atoms with Gasteiger partial charge in [-0.05, 0) is 92.8 Å². The van der Waals surface area contributed by atoms with E-state index in [1.165, 1.54) is 83.5 Å². The first-order chi connectivity index (χ1) is 15.0. The molecule has 0 amide bonds. The lowest BCUT2D eigenvalue weighted by Gasteiger charge is -2.34. The van der Waals surface area contributed by atoms with E-state index in [1.807, 2.05) is 5.57 Å². The van der Waals surface area contributed by atoms with Crippen molar-refractivity contribution < 1.29 is 0 Å². The molecule has 0 aromatic carbocycles. The largest absolute Gasteiger partial charge is 0.106 e. The van der Waals surface area contributed by atoms with E-state index in [1.54, 1.807) is 0 Å². The van der Waals surface area contributed by atoms with Crippen LogP contribution in [0.25, 0.3) is 0 Å². The van der Waals surface area contributed by atoms with E-state index in [0.29, 0.717) is 0 Å². The van der Waals surface area contributed by atoms with Crippen LogP contribution in [-0.4, -0.2) is 0 Å². The van der Waals surface area contributed by atoms with Crippen LogP contribution in [0.4, 0.5) is 0 Å². The minimum Gasteiger partial charge on any atom is -0.106 e. The van der Waals surface area contributed by atoms with Gasteiger partial charge in [-0.2, -0.15) is 0 Å². The highest BCUT2D eigenvalue weighted by Gasteiger charge is 2.38. The van der Waals surface area contributed by atoms with Crippen molar-refractivity contribution in [3.63, 3.8) is 0 Å². The third kappa shape index (κ3) is 8.94. The van der Waals surface area contributed by atoms with E-state index in [4.69, 9.17) is 0 Å². The molecule has 0 radical (unpaired) electrons. The van der Waals surface area contributed by atoms with E-state index in [-0.39, 0.29) is 0 Å². The highest BCUT2D eigenvalue weighted by molar-refractivity contribution is 5.10. The minimum atomic E-state index is 0.825. The first-order valence-corrected chi connectivity index (χ1v) is 13.8. The van der Waals surface area contributed by atoms with Crippen molar-refractivity contribution in [1.29, 1.82) is 0 Å². The zero-order valence-electron chi connectivity index (χ0n) is 22.0. The Kier molecular flexibility index (Phi) is 14.5. The summed E-state index contributed by atoms with van der Waals surface area (Å²) < 4.78 is 0. The molecule has 0 N–H and O–H groups in total. The van der Waals surface area contributed by atoms with Gasteiger partial charge in [0.05, 0.1) is 0 Å². The molecule has 0 aliphatic heterocycles. The number of rotatable bonds is 12. The highest BCUT2D eigenvalue weighted by Crippen LogP contribution is 2.47. The first-order valence-electron chi connectivity index (χ1n) is 13.8. The Morgan fingerprint density at radius 3 is 2.39 bits per heavy atom. The SMILES string of the molecule is C=C.C=CCCCCC1CCC(C)/C(=C\CC(C(C)CCC)C2CCC(CC)C2C)C1. The third-order valence-electron chi connectivity index (χ3n) is 8.93. The first kappa shape index (κ1) is 28.3. The molecular formula is C31H56. The number of hydrogen-bond acceptors (Lipinski definition) is 0. The summed E-state index contributed by atoms with van der Waals surface area (Å²) >= 11 is 0. The van der Waals surface area contributed by atoms with E-state index >= 15 is 0 Å². The molecule has 2 saturated carbocycles. The van der Waals surface area contributed by atoms with Gasteiger partial charge in [-0.15, -0.1) is 19.7 Å². The fourth-order valence-corrected chi connectivity index (χ4v) is 6.81. The maximum absolute atomic E-state index is 3.87. The summed E-state index contributed by atoms with van der Waals surface area (Å²) in [5.74, 6) is 6.45. The van der Waals surface area contributed by atoms with Gasteiger partial charge in [0.25, 0.3) is 0 Å². The summed E-state index contributed by atoms with van der Waals surface area (Å²) in [6.45, 7) is 22.3. The quantitative estimate of drug-likeness (QED) is 0.214. The van der Waals surface area contributed by atoms with E-state index < -0.39 is 0 Å². The average molecular weight is 429 g/mol. The van der Waals surface area contributed by atoms with Crippen molar-refractivity contribution in [2.24, 2.45) is 41.4 Å². The van der Waals surface area contributed by atoms with Crippen molar-refractivity contribution >= 4 is 0 Å². The molecule has 0 spiro atoms. The van der Waals surface area contributed by atoms with Crippen molar-refractivity contribution in [3.8, 4) is 0 Å². The van der Waals surface area contributed by atoms with Gasteiger partial charge >= 0.3 is 0 Å². The molecule has 7 atom stereocenters. The monoisotopic (exact) mass is 428 g/mol. The average Bonchev–Trinajstić information content (AvgIpc) is 3.15. The van der Waals surface area contributed by atoms with E-state index in [2.05, 4.69) is 66.5 Å². The van der Waals surface area contributed by atoms with Crippen molar-refractivity contribution in [3.05, 3.63) is 37.5 Å². The molecule has 0 saturated heterocycles. The molecule has 0 heterocycles. The van der Waals surface area contributed by atoms with Gasteiger partial charge in [0.15, 0.2) is 0 Å². The summed E-state index contributed by atoms with van der Waals surface area (Å²) in [5.41, 5.74) is 1.82. The second kappa shape index (κ2) is 15.9. The Bertz CT molecular complexity index is 500. The van der Waals surface area contributed by atoms with Crippen molar-refractivity contribution in [2.45, 2.75) is 118 Å². The lowest BCUT2D eigenvalue weighted by molar-refractivity contribution is 0.176. The molecule has 2 aliphatic rings. The van der Waals surface area contributed by atoms with Gasteiger partial charge in [0.2, 0.25) is 0 Å². The van der Waals surface area contributed by atoms with Gasteiger partial charge in [0.1, 0.15) is 0 Å². The van der Waals surface area contributed by atoms with Crippen LogP contribution >= 0.6 is 0 Å². The molecule has 2 fully saturated rings. The zero-order valence-corrected chi connectivity index (χ0v) is 22.0. The number of unbranched alkanes of at least 4 members (excludes halogenated alkanes) is 2. The third-order valence-corrected chi connectivity index (χ3v) is 8.93. The Hall–Kier alpha value is -0.780. The van der Waals surface area contributed by atoms with Gasteiger partial charge in [-0.1, -0.05) is 84.4 Å². The van der Waals surface area contributed by atoms with E-state index in [9.17, 15) is 0 Å². The van der Waals surface area contributed by atoms with Crippen LogP contribution in [0.5, 0.6) is 0 Å². The molecule has 180 valence electrons. The molecule has 0 aromatic rings. The van der Waals surface area contributed by atoms with E-state index in [0.717, 1.165) is 41.4 Å². The number of allylic oxidation sites excluding steroid dienone is 3. The Morgan fingerprint density at radius 2 is 1.77 bits per heavy atom. The molecule has 0 aromatic heterocycles. The summed E-state index contributed by atoms with van der Waals surface area (Å²) in [7, 11) is 0. The molecule has 2 aliphatic carbocycles. The smallest absolute Gasteiger partial charge is 0.0231 e. The van der Waals surface area contributed by atoms with Crippen molar-refractivity contribution in [2.75, 3.05) is 0 Å². The standard InChI is InChI=1S/C29H52.C2H4/c1-7-10-11-12-14-25-16-15-22(4)27(21-25)18-19-28(23(5)13-8-2)29-20-17-26(9-3)24(29)6;1-2/h7,18,22-26,28-29H,1,8-17,19-21H2,2-6H3;1-2H2/b27-18-;. The summed E-state index contributed by atoms with van der Waals surface area (Å²) in [6.07, 6.45) is 22.9. The predicted octanol–water partition coefficient (Wildman–Crippen LogP) is 10.4. The summed E-state index contributed by atoms with van der Waals surface area (Å²) in [5, 5.41) is 0. The molecule has 0 nitrogen and oxygen atoms in total. The number of hydrogen-bond donors (Lipinski definition) is 0. The van der Waals surface area contributed by atoms with Crippen LogP contribution < -0.4 is 0 Å². The lowest BCUT2D eigenvalue weighted by Crippen LogP contribution is -2.25. The van der Waals surface area contributed by atoms with Gasteiger partial charge < -0.3 is 0 Å². The zero-order chi connectivity index (χ0) is 23.2. The van der Waals surface area contributed by atoms with Gasteiger partial charge in [-0.25, -0.2) is 0 Å². The molecule has 31 heavy (non-hydrogen) atoms. The molecule has 0 heteroatoms. The van der Waals surface area contributed by atoms with Crippen LogP contribution in [0.1, 0.15) is 118 Å². The maximum atomic E-state index is 3.87. The minimum absolute atomic E-state index is 0.825. The van der Waals surface area contributed by atoms with Crippen LogP contribution in [0, 0.1) is 41.4 Å². The van der Waals surface area contributed by atoms with Gasteiger partial charge in [0, 0.05) is 0 Å². The normalized spacial score (nSPS) is 31.6. The van der Waals surface area contributed by atoms with Gasteiger partial charge in [-0.3, -0.25) is 0 Å². The fourth-order valence-electron chi connectivity index (χ4n) is 6.81. The molecule has 7 unspecified atom stereocenters. The second-order valence-corrected chi connectivity index (χ2v) is 10.8. The van der Waals surface area contributed by atoms with Crippen LogP contribution in [0.2, 0.25) is 0 Å². The fraction of sp³-hybridized carbons (Fsp3) is 0.806. The summed E-state index contributed by atoms with van der Waals surface area (Å²) in [4.78, 5) is 0. The topological polar surface area (TPSA) is 0 Å². The van der Waals surface area contributed by atoms with Crippen molar-refractivity contribution in [1.82, 2.24) is 0 Å². The molecule has 0 bridgehead atoms. The summed E-state index contributed by atoms with van der Waals surface area (Å²) in [6, 6.07) is 0. The maximum Gasteiger partial charge on any atom is -0.0231 e. The Balaban J connectivity index is 0.00000233. The van der Waals surface area contributed by atoms with Crippen LogP contribution in [0.15, 0.2) is 37.5 Å². The van der Waals surface area contributed by atoms with Crippen LogP contribution in [-0.2, 0) is 0 Å². The Morgan fingerprint density at radius 1 is 1.03 bits per heavy atom. The predicted molar refractivity (Wildman–Crippen MR) is 142 cm³/mol. The Labute approximate surface area is 197 Å². The second-order valence-electron chi connectivity index (χ2n) is 10.8. The molecular weight excluding hydrogens is 372 g/mol. The molecule has 2 rings (SSSR count). The van der Waals surface area contributed by atoms with Crippen LogP contribution in [0.3, 0.4) is 0 Å². The lowest BCUT2D eigenvalue weighted by atomic mass is 9.71.